The summed E-state index contributed by atoms with van der Waals surface area (Å²) in [5, 5.41) is 12.4. The third kappa shape index (κ3) is 4.97. The Kier molecular flexibility index (Phi) is 6.14. The summed E-state index contributed by atoms with van der Waals surface area (Å²) in [7, 11) is 0. The second-order valence-corrected chi connectivity index (χ2v) is 7.02. The van der Waals surface area contributed by atoms with Crippen LogP contribution in [-0.4, -0.2) is 14.9 Å². The van der Waals surface area contributed by atoms with E-state index in [4.69, 9.17) is 35.4 Å². The molecule has 0 radical (unpaired) electrons. The number of aryl methyl sites for hydroxylation is 1. The minimum absolute atomic E-state index is 0.490. The van der Waals surface area contributed by atoms with Gasteiger partial charge in [-0.2, -0.15) is 5.10 Å². The lowest BCUT2D eigenvalue weighted by atomic mass is 10.1. The molecular formula is C19H18Cl2N4S. The lowest BCUT2D eigenvalue weighted by Gasteiger charge is -2.09. The van der Waals surface area contributed by atoms with Crippen molar-refractivity contribution in [2.45, 2.75) is 19.9 Å². The minimum atomic E-state index is 0.490. The van der Waals surface area contributed by atoms with Crippen LogP contribution in [0.25, 0.3) is 0 Å². The summed E-state index contributed by atoms with van der Waals surface area (Å²) in [5.74, 6) is 0.665. The zero-order valence-corrected chi connectivity index (χ0v) is 16.5. The van der Waals surface area contributed by atoms with Gasteiger partial charge in [0.25, 0.3) is 0 Å². The smallest absolute Gasteiger partial charge is 0.176 e. The molecule has 7 heteroatoms. The van der Waals surface area contributed by atoms with Crippen molar-refractivity contribution >= 4 is 52.0 Å². The van der Waals surface area contributed by atoms with Crippen molar-refractivity contribution in [3.63, 3.8) is 0 Å². The van der Waals surface area contributed by atoms with Crippen LogP contribution in [-0.2, 0) is 13.0 Å². The number of halogens is 2. The molecule has 0 aliphatic rings. The van der Waals surface area contributed by atoms with Gasteiger partial charge in [-0.3, -0.25) is 4.68 Å². The molecule has 0 amide bonds. The number of nitrogens with zero attached hydrogens (tertiary/aromatic N) is 2. The van der Waals surface area contributed by atoms with Crippen molar-refractivity contribution < 1.29 is 0 Å². The van der Waals surface area contributed by atoms with Gasteiger partial charge >= 0.3 is 0 Å². The monoisotopic (exact) mass is 404 g/mol. The Labute approximate surface area is 168 Å². The van der Waals surface area contributed by atoms with Crippen molar-refractivity contribution in [3.05, 3.63) is 75.9 Å². The van der Waals surface area contributed by atoms with Crippen molar-refractivity contribution in [3.8, 4) is 0 Å². The van der Waals surface area contributed by atoms with E-state index in [9.17, 15) is 0 Å². The number of thiocarbonyl (C=S) groups is 1. The van der Waals surface area contributed by atoms with Crippen LogP contribution >= 0.6 is 35.4 Å². The molecule has 4 nitrogen and oxygen atoms in total. The first kappa shape index (κ1) is 18.7. The van der Waals surface area contributed by atoms with Gasteiger partial charge < -0.3 is 10.6 Å². The number of aromatic nitrogens is 2. The molecule has 0 aliphatic heterocycles. The van der Waals surface area contributed by atoms with E-state index in [1.54, 1.807) is 10.7 Å². The molecule has 26 heavy (non-hydrogen) atoms. The van der Waals surface area contributed by atoms with E-state index < -0.39 is 0 Å². The maximum absolute atomic E-state index is 6.21. The van der Waals surface area contributed by atoms with Crippen molar-refractivity contribution in [1.29, 1.82) is 0 Å². The van der Waals surface area contributed by atoms with Gasteiger partial charge in [-0.1, -0.05) is 48.3 Å². The normalized spacial score (nSPS) is 10.6. The summed E-state index contributed by atoms with van der Waals surface area (Å²) in [4.78, 5) is 0. The Morgan fingerprint density at radius 3 is 2.54 bits per heavy atom. The second kappa shape index (κ2) is 8.54. The largest absolute Gasteiger partial charge is 0.332 e. The van der Waals surface area contributed by atoms with Gasteiger partial charge in [0.05, 0.1) is 6.54 Å². The zero-order chi connectivity index (χ0) is 18.5. The number of hydrogen-bond acceptors (Lipinski definition) is 2. The molecule has 0 saturated carbocycles. The molecule has 0 spiro atoms. The van der Waals surface area contributed by atoms with Gasteiger partial charge in [-0.25, -0.2) is 0 Å². The van der Waals surface area contributed by atoms with Crippen LogP contribution in [0.2, 0.25) is 10.0 Å². The van der Waals surface area contributed by atoms with Gasteiger partial charge in [0.2, 0.25) is 0 Å². The van der Waals surface area contributed by atoms with E-state index in [0.717, 1.165) is 17.7 Å². The molecule has 0 fully saturated rings. The lowest BCUT2D eigenvalue weighted by Crippen LogP contribution is -2.19. The molecule has 3 aromatic rings. The van der Waals surface area contributed by atoms with Gasteiger partial charge in [0.15, 0.2) is 10.9 Å². The lowest BCUT2D eigenvalue weighted by molar-refractivity contribution is 0.690. The third-order valence-electron chi connectivity index (χ3n) is 3.85. The van der Waals surface area contributed by atoms with Crippen molar-refractivity contribution in [2.24, 2.45) is 0 Å². The molecule has 0 saturated heterocycles. The number of anilines is 2. The Morgan fingerprint density at radius 1 is 1.08 bits per heavy atom. The van der Waals surface area contributed by atoms with E-state index in [-0.39, 0.29) is 0 Å². The molecule has 0 unspecified atom stereocenters. The molecule has 0 aliphatic carbocycles. The maximum atomic E-state index is 6.21. The molecule has 1 heterocycles. The quantitative estimate of drug-likeness (QED) is 0.542. The molecular weight excluding hydrogens is 387 g/mol. The number of benzene rings is 2. The van der Waals surface area contributed by atoms with Crippen molar-refractivity contribution in [1.82, 2.24) is 9.78 Å². The molecule has 0 bridgehead atoms. The van der Waals surface area contributed by atoms with Crippen LogP contribution in [0.5, 0.6) is 0 Å². The van der Waals surface area contributed by atoms with Gasteiger partial charge in [0, 0.05) is 28.0 Å². The first-order valence-electron chi connectivity index (χ1n) is 8.18. The highest BCUT2D eigenvalue weighted by Gasteiger charge is 2.06. The van der Waals surface area contributed by atoms with Gasteiger partial charge in [-0.15, -0.1) is 0 Å². The summed E-state index contributed by atoms with van der Waals surface area (Å²) in [6.45, 7) is 2.68. The average molecular weight is 405 g/mol. The topological polar surface area (TPSA) is 41.9 Å². The van der Waals surface area contributed by atoms with Crippen LogP contribution in [0.1, 0.15) is 18.1 Å². The van der Waals surface area contributed by atoms with E-state index in [1.165, 1.54) is 5.56 Å². The van der Waals surface area contributed by atoms with E-state index >= 15 is 0 Å². The minimum Gasteiger partial charge on any atom is -0.332 e. The van der Waals surface area contributed by atoms with E-state index in [2.05, 4.69) is 34.8 Å². The highest BCUT2D eigenvalue weighted by Crippen LogP contribution is 2.22. The molecule has 1 aromatic heterocycles. The maximum Gasteiger partial charge on any atom is 0.176 e. The molecule has 0 atom stereocenters. The summed E-state index contributed by atoms with van der Waals surface area (Å²) in [5.41, 5.74) is 3.17. The van der Waals surface area contributed by atoms with Crippen LogP contribution in [0.4, 0.5) is 11.5 Å². The highest BCUT2D eigenvalue weighted by molar-refractivity contribution is 7.80. The second-order valence-electron chi connectivity index (χ2n) is 5.76. The Bertz CT molecular complexity index is 906. The van der Waals surface area contributed by atoms with E-state index in [0.29, 0.717) is 27.5 Å². The molecule has 134 valence electrons. The van der Waals surface area contributed by atoms with Crippen LogP contribution < -0.4 is 10.6 Å². The average Bonchev–Trinajstić information content (AvgIpc) is 3.05. The van der Waals surface area contributed by atoms with Crippen LogP contribution in [0, 0.1) is 0 Å². The first-order valence-corrected chi connectivity index (χ1v) is 9.34. The fraction of sp³-hybridized carbons (Fsp3) is 0.158. The molecule has 3 rings (SSSR count). The highest BCUT2D eigenvalue weighted by atomic mass is 35.5. The van der Waals surface area contributed by atoms with E-state index in [1.807, 2.05) is 36.5 Å². The SMILES string of the molecule is CCc1ccc(NC(=S)Nc2ccn(Cc3ccc(Cl)cc3Cl)n2)cc1. The molecule has 2 aromatic carbocycles. The molecule has 2 N–H and O–H groups in total. The standard InChI is InChI=1S/C19H18Cl2N4S/c1-2-13-3-7-16(8-4-13)22-19(26)23-18-9-10-25(24-18)12-14-5-6-15(20)11-17(14)21/h3-11H,2,12H2,1H3,(H2,22,23,24,26). The first-order chi connectivity index (χ1) is 12.5. The predicted molar refractivity (Wildman–Crippen MR) is 113 cm³/mol. The number of nitrogens with one attached hydrogen (secondary N) is 2. The van der Waals surface area contributed by atoms with Gasteiger partial charge in [0.1, 0.15) is 0 Å². The summed E-state index contributed by atoms with van der Waals surface area (Å²) in [6.07, 6.45) is 2.88. The summed E-state index contributed by atoms with van der Waals surface area (Å²) >= 11 is 17.5. The van der Waals surface area contributed by atoms with Gasteiger partial charge in [-0.05, 0) is 54.0 Å². The fourth-order valence-corrected chi connectivity index (χ4v) is 3.13. The Morgan fingerprint density at radius 2 is 1.85 bits per heavy atom. The zero-order valence-electron chi connectivity index (χ0n) is 14.2. The summed E-state index contributed by atoms with van der Waals surface area (Å²) < 4.78 is 1.79. The van der Waals surface area contributed by atoms with Crippen molar-refractivity contribution in [2.75, 3.05) is 10.6 Å². The fourth-order valence-electron chi connectivity index (χ4n) is 2.44. The predicted octanol–water partition coefficient (Wildman–Crippen LogP) is 5.61. The number of hydrogen-bond donors (Lipinski definition) is 2. The number of rotatable bonds is 5. The third-order valence-corrected chi connectivity index (χ3v) is 4.64. The van der Waals surface area contributed by atoms with Crippen LogP contribution in [0.15, 0.2) is 54.7 Å². The van der Waals surface area contributed by atoms with Crippen LogP contribution in [0.3, 0.4) is 0 Å². The Balaban J connectivity index is 1.59. The summed E-state index contributed by atoms with van der Waals surface area (Å²) in [6, 6.07) is 15.5. The Hall–Kier alpha value is -2.08.